The average Bonchev–Trinajstić information content (AvgIpc) is 2.03. The third kappa shape index (κ3) is 2.27. The summed E-state index contributed by atoms with van der Waals surface area (Å²) in [4.78, 5) is 3.75. The zero-order valence-corrected chi connectivity index (χ0v) is 7.60. The molecule has 0 aromatic carbocycles. The fourth-order valence-corrected chi connectivity index (χ4v) is 1.17. The highest BCUT2D eigenvalue weighted by Gasteiger charge is 2.25. The van der Waals surface area contributed by atoms with Gasteiger partial charge >= 0.3 is 7.12 Å². The zero-order valence-electron chi connectivity index (χ0n) is 7.60. The maximum atomic E-state index is 9.67. The summed E-state index contributed by atoms with van der Waals surface area (Å²) in [5.41, 5.74) is -0.394. The van der Waals surface area contributed by atoms with Gasteiger partial charge in [0.1, 0.15) is 0 Å². The first-order chi connectivity index (χ1) is 5.93. The molecule has 0 unspecified atom stereocenters. The average molecular weight is 181 g/mol. The fraction of sp³-hybridized carbons (Fsp3) is 0.375. The lowest BCUT2D eigenvalue weighted by atomic mass is 9.74. The van der Waals surface area contributed by atoms with Crippen molar-refractivity contribution in [3.05, 3.63) is 24.0 Å². The monoisotopic (exact) mass is 181 g/mol. The van der Waals surface area contributed by atoms with E-state index in [0.717, 1.165) is 0 Å². The van der Waals surface area contributed by atoms with Crippen LogP contribution in [0.2, 0.25) is 0 Å². The van der Waals surface area contributed by atoms with E-state index in [4.69, 9.17) is 10.0 Å². The highest BCUT2D eigenvalue weighted by molar-refractivity contribution is 6.59. The van der Waals surface area contributed by atoms with Crippen LogP contribution in [0, 0.1) is 0 Å². The quantitative estimate of drug-likeness (QED) is 0.511. The van der Waals surface area contributed by atoms with Crippen molar-refractivity contribution in [3.63, 3.8) is 0 Å². The van der Waals surface area contributed by atoms with Crippen LogP contribution in [0.3, 0.4) is 0 Å². The van der Waals surface area contributed by atoms with E-state index in [1.54, 1.807) is 19.9 Å². The summed E-state index contributed by atoms with van der Waals surface area (Å²) >= 11 is 0. The molecule has 1 aromatic rings. The summed E-state index contributed by atoms with van der Waals surface area (Å²) in [5, 5.41) is 27.6. The Morgan fingerprint density at radius 1 is 1.38 bits per heavy atom. The van der Waals surface area contributed by atoms with E-state index in [-0.39, 0.29) is 5.46 Å². The van der Waals surface area contributed by atoms with E-state index in [0.29, 0.717) is 5.56 Å². The Bertz CT molecular complexity index is 296. The van der Waals surface area contributed by atoms with E-state index < -0.39 is 12.7 Å². The minimum Gasteiger partial charge on any atom is -0.423 e. The Kier molecular flexibility index (Phi) is 2.70. The van der Waals surface area contributed by atoms with Gasteiger partial charge in [-0.3, -0.25) is 4.98 Å². The van der Waals surface area contributed by atoms with Crippen molar-refractivity contribution in [3.8, 4) is 0 Å². The molecule has 0 fully saturated rings. The molecule has 0 aliphatic heterocycles. The van der Waals surface area contributed by atoms with Gasteiger partial charge in [0.05, 0.1) is 5.60 Å². The van der Waals surface area contributed by atoms with E-state index in [1.165, 1.54) is 12.4 Å². The van der Waals surface area contributed by atoms with Crippen LogP contribution in [0.15, 0.2) is 18.5 Å². The van der Waals surface area contributed by atoms with Crippen LogP contribution in [0.1, 0.15) is 19.4 Å². The van der Waals surface area contributed by atoms with E-state index >= 15 is 0 Å². The second kappa shape index (κ2) is 3.45. The second-order valence-electron chi connectivity index (χ2n) is 3.40. The molecule has 70 valence electrons. The molecule has 1 heterocycles. The Labute approximate surface area is 77.0 Å². The van der Waals surface area contributed by atoms with E-state index in [9.17, 15) is 5.11 Å². The topological polar surface area (TPSA) is 73.6 Å². The van der Waals surface area contributed by atoms with Crippen molar-refractivity contribution < 1.29 is 15.2 Å². The molecule has 0 aliphatic rings. The molecule has 0 bridgehead atoms. The predicted molar refractivity (Wildman–Crippen MR) is 49.3 cm³/mol. The Morgan fingerprint density at radius 2 is 2.00 bits per heavy atom. The lowest BCUT2D eigenvalue weighted by Crippen LogP contribution is -2.38. The molecule has 4 nitrogen and oxygen atoms in total. The highest BCUT2D eigenvalue weighted by Crippen LogP contribution is 2.16. The van der Waals surface area contributed by atoms with E-state index in [2.05, 4.69) is 4.98 Å². The number of aliphatic hydroxyl groups is 1. The normalized spacial score (nSPS) is 11.5. The predicted octanol–water partition coefficient (Wildman–Crippen LogP) is -1.01. The summed E-state index contributed by atoms with van der Waals surface area (Å²) in [5.74, 6) is 0. The van der Waals surface area contributed by atoms with Crippen molar-refractivity contribution in [1.29, 1.82) is 0 Å². The molecule has 0 aliphatic carbocycles. The zero-order chi connectivity index (χ0) is 10.1. The fourth-order valence-electron chi connectivity index (χ4n) is 1.17. The van der Waals surface area contributed by atoms with Crippen molar-refractivity contribution in [2.24, 2.45) is 0 Å². The first-order valence-electron chi connectivity index (χ1n) is 3.96. The van der Waals surface area contributed by atoms with Crippen LogP contribution in [0.25, 0.3) is 0 Å². The van der Waals surface area contributed by atoms with Crippen LogP contribution >= 0.6 is 0 Å². The van der Waals surface area contributed by atoms with Crippen molar-refractivity contribution in [2.45, 2.75) is 19.4 Å². The van der Waals surface area contributed by atoms with Crippen LogP contribution in [-0.4, -0.2) is 27.3 Å². The molecule has 0 atom stereocenters. The number of hydrogen-bond donors (Lipinski definition) is 3. The molecule has 0 spiro atoms. The van der Waals surface area contributed by atoms with Crippen LogP contribution in [0.4, 0.5) is 0 Å². The molecule has 3 N–H and O–H groups in total. The van der Waals surface area contributed by atoms with Gasteiger partial charge in [0, 0.05) is 17.9 Å². The first kappa shape index (κ1) is 10.2. The van der Waals surface area contributed by atoms with Gasteiger partial charge in [-0.05, 0) is 25.5 Å². The van der Waals surface area contributed by atoms with Crippen molar-refractivity contribution in [1.82, 2.24) is 4.98 Å². The largest absolute Gasteiger partial charge is 0.490 e. The summed E-state index contributed by atoms with van der Waals surface area (Å²) in [6.45, 7) is 3.16. The smallest absolute Gasteiger partial charge is 0.423 e. The standard InChI is InChI=1S/C8H12BNO3/c1-8(2,11)6-3-4-10-5-7(6)9(12)13/h3-5,11-13H,1-2H3. The minimum atomic E-state index is -1.60. The van der Waals surface area contributed by atoms with Crippen LogP contribution in [0.5, 0.6) is 0 Å². The molecule has 1 aromatic heterocycles. The molecule has 5 heteroatoms. The number of nitrogens with zero attached hydrogens (tertiary/aromatic N) is 1. The molecule has 13 heavy (non-hydrogen) atoms. The second-order valence-corrected chi connectivity index (χ2v) is 3.40. The maximum absolute atomic E-state index is 9.67. The molecule has 0 amide bonds. The van der Waals surface area contributed by atoms with E-state index in [1.807, 2.05) is 0 Å². The van der Waals surface area contributed by atoms with Gasteiger partial charge in [0.25, 0.3) is 0 Å². The van der Waals surface area contributed by atoms with Gasteiger partial charge < -0.3 is 15.2 Å². The van der Waals surface area contributed by atoms with Gasteiger partial charge in [-0.1, -0.05) is 0 Å². The third-order valence-electron chi connectivity index (χ3n) is 1.79. The maximum Gasteiger partial charge on any atom is 0.490 e. The molecule has 0 saturated carbocycles. The number of pyridine rings is 1. The number of hydrogen-bond acceptors (Lipinski definition) is 4. The first-order valence-corrected chi connectivity index (χ1v) is 3.96. The Balaban J connectivity index is 3.20. The molecule has 1 rings (SSSR count). The summed E-state index contributed by atoms with van der Waals surface area (Å²) < 4.78 is 0. The molecule has 0 saturated heterocycles. The Morgan fingerprint density at radius 3 is 2.38 bits per heavy atom. The number of aromatic nitrogens is 1. The lowest BCUT2D eigenvalue weighted by molar-refractivity contribution is 0.0792. The van der Waals surface area contributed by atoms with Crippen molar-refractivity contribution >= 4 is 12.6 Å². The summed E-state index contributed by atoms with van der Waals surface area (Å²) in [6.07, 6.45) is 2.83. The molecular formula is C8H12BNO3. The highest BCUT2D eigenvalue weighted by atomic mass is 16.4. The summed E-state index contributed by atoms with van der Waals surface area (Å²) in [6, 6.07) is 1.56. The van der Waals surface area contributed by atoms with Gasteiger partial charge in [-0.2, -0.15) is 0 Å². The number of rotatable bonds is 2. The lowest BCUT2D eigenvalue weighted by Gasteiger charge is -2.20. The SMILES string of the molecule is CC(C)(O)c1ccncc1B(O)O. The molecular weight excluding hydrogens is 169 g/mol. The third-order valence-corrected chi connectivity index (χ3v) is 1.79. The summed E-state index contributed by atoms with van der Waals surface area (Å²) in [7, 11) is -1.60. The van der Waals surface area contributed by atoms with Crippen LogP contribution < -0.4 is 5.46 Å². The molecule has 0 radical (unpaired) electrons. The van der Waals surface area contributed by atoms with Gasteiger partial charge in [-0.25, -0.2) is 0 Å². The van der Waals surface area contributed by atoms with Gasteiger partial charge in [0.15, 0.2) is 0 Å². The van der Waals surface area contributed by atoms with Crippen molar-refractivity contribution in [2.75, 3.05) is 0 Å². The Hall–Kier alpha value is -0.905. The van der Waals surface area contributed by atoms with Crippen LogP contribution in [-0.2, 0) is 5.60 Å². The van der Waals surface area contributed by atoms with Gasteiger partial charge in [0.2, 0.25) is 0 Å². The van der Waals surface area contributed by atoms with Gasteiger partial charge in [-0.15, -0.1) is 0 Å². The minimum absolute atomic E-state index is 0.231.